The lowest BCUT2D eigenvalue weighted by Gasteiger charge is -1.93. The number of benzene rings is 1. The summed E-state index contributed by atoms with van der Waals surface area (Å²) < 4.78 is 0. The first kappa shape index (κ1) is 13.3. The molecule has 3 aromatic rings. The Morgan fingerprint density at radius 1 is 1.25 bits per heavy atom. The number of H-pyrrole nitrogens is 1. The monoisotopic (exact) mass is 299 g/mol. The molecule has 0 aliphatic carbocycles. The maximum atomic E-state index is 5.37. The van der Waals surface area contributed by atoms with Gasteiger partial charge in [0.25, 0.3) is 0 Å². The molecule has 0 atom stereocenters. The van der Waals surface area contributed by atoms with Crippen LogP contribution in [-0.2, 0) is 5.75 Å². The van der Waals surface area contributed by atoms with E-state index in [-0.39, 0.29) is 0 Å². The number of nitrogens with two attached hydrogens (primary N) is 1. The molecule has 3 N–H and O–H groups in total. The number of nitrogens with one attached hydrogen (secondary N) is 1. The quantitative estimate of drug-likeness (QED) is 0.577. The summed E-state index contributed by atoms with van der Waals surface area (Å²) in [6.07, 6.45) is 0. The van der Waals surface area contributed by atoms with Crippen molar-refractivity contribution < 1.29 is 0 Å². The molecule has 0 aliphatic heterocycles. The lowest BCUT2D eigenvalue weighted by atomic mass is 10.3. The topological polar surface area (TPSA) is 54.7 Å². The number of hydrogen-bond donors (Lipinski definition) is 2. The lowest BCUT2D eigenvalue weighted by Crippen LogP contribution is -1.92. The van der Waals surface area contributed by atoms with Crippen LogP contribution in [-0.4, -0.2) is 16.5 Å². The van der Waals surface area contributed by atoms with Gasteiger partial charge in [-0.05, 0) is 24.3 Å². The minimum absolute atomic E-state index is 0.404. The van der Waals surface area contributed by atoms with Gasteiger partial charge < -0.3 is 10.7 Å². The Labute approximate surface area is 125 Å². The minimum atomic E-state index is 0.404. The molecule has 0 saturated carbocycles. The maximum Gasteiger partial charge on any atom is 0.166 e. The van der Waals surface area contributed by atoms with Crippen LogP contribution in [0.25, 0.3) is 11.0 Å². The van der Waals surface area contributed by atoms with Gasteiger partial charge in [-0.15, -0.1) is 11.3 Å². The van der Waals surface area contributed by atoms with E-state index in [2.05, 4.69) is 27.9 Å². The number of nitrogens with zero attached hydrogens (tertiary/aromatic N) is 1. The number of thioether (sulfide) groups is 1. The standard InChI is InChI=1S/C15H13N3S2/c16-9-3-4-11-7-8-12(20-11)10-19-15-17-13-5-1-2-6-14(13)18-15/h1-2,5-8H,9-10,16H2,(H,17,18). The van der Waals surface area contributed by atoms with Crippen molar-refractivity contribution >= 4 is 34.1 Å². The summed E-state index contributed by atoms with van der Waals surface area (Å²) in [6.45, 7) is 0.404. The third-order valence-electron chi connectivity index (χ3n) is 2.69. The number of aromatic amines is 1. The van der Waals surface area contributed by atoms with Crippen molar-refractivity contribution in [3.8, 4) is 11.8 Å². The average molecular weight is 299 g/mol. The van der Waals surface area contributed by atoms with E-state index in [1.165, 1.54) is 4.88 Å². The van der Waals surface area contributed by atoms with Crippen LogP contribution in [0, 0.1) is 11.8 Å². The number of para-hydroxylation sites is 2. The van der Waals surface area contributed by atoms with Crippen molar-refractivity contribution in [3.63, 3.8) is 0 Å². The van der Waals surface area contributed by atoms with Crippen LogP contribution in [0.4, 0.5) is 0 Å². The summed E-state index contributed by atoms with van der Waals surface area (Å²) >= 11 is 3.41. The summed E-state index contributed by atoms with van der Waals surface area (Å²) in [5.41, 5.74) is 7.46. The molecule has 2 heterocycles. The van der Waals surface area contributed by atoms with Crippen molar-refractivity contribution in [1.82, 2.24) is 9.97 Å². The van der Waals surface area contributed by atoms with E-state index < -0.39 is 0 Å². The largest absolute Gasteiger partial charge is 0.333 e. The number of hydrogen-bond acceptors (Lipinski definition) is 4. The van der Waals surface area contributed by atoms with Crippen LogP contribution in [0.15, 0.2) is 41.6 Å². The second-order valence-corrected chi connectivity index (χ2v) is 6.25. The van der Waals surface area contributed by atoms with Gasteiger partial charge in [-0.3, -0.25) is 0 Å². The Bertz CT molecular complexity index is 744. The molecule has 0 radical (unpaired) electrons. The van der Waals surface area contributed by atoms with Crippen LogP contribution >= 0.6 is 23.1 Å². The number of rotatable bonds is 3. The number of thiophene rings is 1. The second kappa shape index (κ2) is 6.14. The number of imidazole rings is 1. The van der Waals surface area contributed by atoms with Gasteiger partial charge >= 0.3 is 0 Å². The molecule has 100 valence electrons. The van der Waals surface area contributed by atoms with Gasteiger partial charge in [0.15, 0.2) is 5.16 Å². The third kappa shape index (κ3) is 3.05. The summed E-state index contributed by atoms with van der Waals surface area (Å²) in [5.74, 6) is 6.83. The van der Waals surface area contributed by atoms with Gasteiger partial charge in [0.2, 0.25) is 0 Å². The van der Waals surface area contributed by atoms with E-state index in [0.717, 1.165) is 26.8 Å². The van der Waals surface area contributed by atoms with Crippen LogP contribution in [0.1, 0.15) is 9.75 Å². The molecular weight excluding hydrogens is 286 g/mol. The van der Waals surface area contributed by atoms with E-state index >= 15 is 0 Å². The SMILES string of the molecule is NCC#Cc1ccc(CSc2nc3ccccc3[nH]2)s1. The highest BCUT2D eigenvalue weighted by Gasteiger charge is 2.04. The second-order valence-electron chi connectivity index (χ2n) is 4.12. The van der Waals surface area contributed by atoms with Gasteiger partial charge in [-0.1, -0.05) is 35.7 Å². The smallest absolute Gasteiger partial charge is 0.166 e. The summed E-state index contributed by atoms with van der Waals surface area (Å²) in [4.78, 5) is 10.2. The Balaban J connectivity index is 1.68. The number of fused-ring (bicyclic) bond motifs is 1. The van der Waals surface area contributed by atoms with Crippen LogP contribution in [0.5, 0.6) is 0 Å². The first-order valence-corrected chi connectivity index (χ1v) is 8.00. The van der Waals surface area contributed by atoms with Crippen LogP contribution in [0.2, 0.25) is 0 Å². The fourth-order valence-electron chi connectivity index (χ4n) is 1.80. The van der Waals surface area contributed by atoms with E-state index in [0.29, 0.717) is 6.54 Å². The zero-order chi connectivity index (χ0) is 13.8. The molecule has 0 spiro atoms. The Morgan fingerprint density at radius 3 is 3.00 bits per heavy atom. The van der Waals surface area contributed by atoms with Gasteiger partial charge in [0.05, 0.1) is 22.5 Å². The van der Waals surface area contributed by atoms with Crippen LogP contribution < -0.4 is 5.73 Å². The highest BCUT2D eigenvalue weighted by molar-refractivity contribution is 7.98. The lowest BCUT2D eigenvalue weighted by molar-refractivity contribution is 1.08. The molecule has 0 fully saturated rings. The molecule has 0 bridgehead atoms. The van der Waals surface area contributed by atoms with Crippen molar-refractivity contribution in [1.29, 1.82) is 0 Å². The van der Waals surface area contributed by atoms with E-state index in [1.54, 1.807) is 23.1 Å². The Hall–Kier alpha value is -1.74. The molecule has 3 rings (SSSR count). The maximum absolute atomic E-state index is 5.37. The van der Waals surface area contributed by atoms with Gasteiger partial charge in [0.1, 0.15) is 0 Å². The first-order chi connectivity index (χ1) is 9.85. The zero-order valence-electron chi connectivity index (χ0n) is 10.7. The molecule has 5 heteroatoms. The van der Waals surface area contributed by atoms with E-state index in [1.807, 2.05) is 30.3 Å². The molecule has 0 unspecified atom stereocenters. The highest BCUT2D eigenvalue weighted by atomic mass is 32.2. The summed E-state index contributed by atoms with van der Waals surface area (Å²) in [7, 11) is 0. The van der Waals surface area contributed by atoms with Crippen molar-refractivity contribution in [2.24, 2.45) is 5.73 Å². The summed E-state index contributed by atoms with van der Waals surface area (Å²) in [6, 6.07) is 12.2. The average Bonchev–Trinajstić information content (AvgIpc) is 3.09. The Morgan fingerprint density at radius 2 is 2.15 bits per heavy atom. The molecular formula is C15H13N3S2. The fourth-order valence-corrected chi connectivity index (χ4v) is 3.61. The zero-order valence-corrected chi connectivity index (χ0v) is 12.4. The number of aromatic nitrogens is 2. The Kier molecular flexibility index (Phi) is 4.07. The van der Waals surface area contributed by atoms with Crippen molar-refractivity contribution in [3.05, 3.63) is 46.2 Å². The van der Waals surface area contributed by atoms with Gasteiger partial charge in [0, 0.05) is 10.6 Å². The highest BCUT2D eigenvalue weighted by Crippen LogP contribution is 2.26. The fraction of sp³-hybridized carbons (Fsp3) is 0.133. The predicted molar refractivity (Wildman–Crippen MR) is 85.9 cm³/mol. The first-order valence-electron chi connectivity index (χ1n) is 6.20. The summed E-state index contributed by atoms with van der Waals surface area (Å²) in [5, 5.41) is 0.953. The minimum Gasteiger partial charge on any atom is -0.333 e. The molecule has 0 amide bonds. The third-order valence-corrected chi connectivity index (χ3v) is 4.80. The van der Waals surface area contributed by atoms with Crippen molar-refractivity contribution in [2.45, 2.75) is 10.9 Å². The molecule has 2 aromatic heterocycles. The molecule has 3 nitrogen and oxygen atoms in total. The van der Waals surface area contributed by atoms with Crippen molar-refractivity contribution in [2.75, 3.05) is 6.54 Å². The van der Waals surface area contributed by atoms with Crippen LogP contribution in [0.3, 0.4) is 0 Å². The molecule has 0 aliphatic rings. The molecule has 1 aromatic carbocycles. The molecule has 20 heavy (non-hydrogen) atoms. The predicted octanol–water partition coefficient (Wildman–Crippen LogP) is 3.23. The molecule has 0 saturated heterocycles. The van der Waals surface area contributed by atoms with E-state index in [4.69, 9.17) is 5.73 Å². The van der Waals surface area contributed by atoms with Gasteiger partial charge in [-0.2, -0.15) is 0 Å². The van der Waals surface area contributed by atoms with Gasteiger partial charge in [-0.25, -0.2) is 4.98 Å². The van der Waals surface area contributed by atoms with E-state index in [9.17, 15) is 0 Å². The normalized spacial score (nSPS) is 10.4.